The van der Waals surface area contributed by atoms with E-state index in [2.05, 4.69) is 37.9 Å². The first kappa shape index (κ1) is 30.0. The summed E-state index contributed by atoms with van der Waals surface area (Å²) < 4.78 is 5.43. The van der Waals surface area contributed by atoms with Crippen LogP contribution in [0.2, 0.25) is 0 Å². The Kier molecular flexibility index (Phi) is 9.44. The molecule has 0 radical (unpaired) electrons. The molecular formula is C32H53NO4. The van der Waals surface area contributed by atoms with Crippen molar-refractivity contribution in [3.8, 4) is 0 Å². The molecule has 3 fully saturated rings. The molecule has 0 aromatic rings. The molecule has 210 valence electrons. The standard InChI is InChI=1S/C32H53NO4/c1-21(11-9-17-31(6,7)36)26-15-16-27-23(12-10-18-32(26,27)8)13-14-24-19-25(34)20-28(22(24)2)33-29(35)37-30(3,4)5/h13-14,21,25-28,34,36H,2,9-12,15-20H2,1,3-8H3,(H,33,35)/b23-13+,24-14-/t21-,25-,26-,27+,28+,32-/m1/s1. The Balaban J connectivity index is 1.70. The van der Waals surface area contributed by atoms with E-state index in [0.29, 0.717) is 30.1 Å². The van der Waals surface area contributed by atoms with Gasteiger partial charge in [-0.05, 0) is 120 Å². The summed E-state index contributed by atoms with van der Waals surface area (Å²) in [5.74, 6) is 2.00. The van der Waals surface area contributed by atoms with Gasteiger partial charge < -0.3 is 20.3 Å². The van der Waals surface area contributed by atoms with Crippen LogP contribution in [0.1, 0.15) is 113 Å². The number of hydrogen-bond donors (Lipinski definition) is 3. The first-order valence-electron chi connectivity index (χ1n) is 14.6. The van der Waals surface area contributed by atoms with Gasteiger partial charge in [-0.1, -0.05) is 51.0 Å². The van der Waals surface area contributed by atoms with E-state index in [-0.39, 0.29) is 6.04 Å². The summed E-state index contributed by atoms with van der Waals surface area (Å²) in [6, 6.07) is -0.319. The molecule has 0 aromatic carbocycles. The fourth-order valence-electron chi connectivity index (χ4n) is 7.36. The number of carbonyl (C=O) groups excluding carboxylic acids is 1. The largest absolute Gasteiger partial charge is 0.444 e. The normalized spacial score (nSPS) is 33.9. The molecule has 0 saturated heterocycles. The Morgan fingerprint density at radius 3 is 2.59 bits per heavy atom. The molecule has 3 aliphatic carbocycles. The van der Waals surface area contributed by atoms with Gasteiger partial charge in [0.25, 0.3) is 0 Å². The lowest BCUT2D eigenvalue weighted by Crippen LogP contribution is -2.44. The second-order valence-electron chi connectivity index (χ2n) is 14.0. The molecule has 0 spiro atoms. The van der Waals surface area contributed by atoms with Gasteiger partial charge in [-0.2, -0.15) is 0 Å². The van der Waals surface area contributed by atoms with Crippen molar-refractivity contribution < 1.29 is 19.7 Å². The van der Waals surface area contributed by atoms with E-state index in [1.165, 1.54) is 37.7 Å². The maximum atomic E-state index is 12.4. The zero-order valence-electron chi connectivity index (χ0n) is 24.5. The lowest BCUT2D eigenvalue weighted by molar-refractivity contribution is 0.0488. The van der Waals surface area contributed by atoms with Crippen LogP contribution >= 0.6 is 0 Å². The van der Waals surface area contributed by atoms with Crippen LogP contribution in [0.4, 0.5) is 4.79 Å². The van der Waals surface area contributed by atoms with Crippen molar-refractivity contribution in [2.24, 2.45) is 23.2 Å². The summed E-state index contributed by atoms with van der Waals surface area (Å²) in [7, 11) is 0. The molecule has 3 aliphatic rings. The van der Waals surface area contributed by atoms with Crippen LogP contribution in [0.3, 0.4) is 0 Å². The summed E-state index contributed by atoms with van der Waals surface area (Å²) in [4.78, 5) is 12.4. The SMILES string of the molecule is C=C1/C(=C\C=C2/CCC[C@]3(C)[C@@H]([C@H](C)CCCC(C)(C)O)CC[C@@H]23)C[C@@H](O)C[C@@H]1NC(=O)OC(C)(C)C. The Hall–Kier alpha value is -1.59. The Labute approximate surface area is 225 Å². The van der Waals surface area contributed by atoms with Gasteiger partial charge in [-0.15, -0.1) is 0 Å². The van der Waals surface area contributed by atoms with Gasteiger partial charge in [0.2, 0.25) is 0 Å². The van der Waals surface area contributed by atoms with Crippen LogP contribution < -0.4 is 5.32 Å². The summed E-state index contributed by atoms with van der Waals surface area (Å²) in [6.07, 6.45) is 13.8. The van der Waals surface area contributed by atoms with E-state index in [0.717, 1.165) is 36.3 Å². The van der Waals surface area contributed by atoms with Crippen LogP contribution in [-0.4, -0.2) is 39.7 Å². The fraction of sp³-hybridized carbons (Fsp3) is 0.781. The highest BCUT2D eigenvalue weighted by Crippen LogP contribution is 2.60. The van der Waals surface area contributed by atoms with Crippen LogP contribution in [0.15, 0.2) is 35.5 Å². The zero-order valence-corrected chi connectivity index (χ0v) is 24.5. The minimum atomic E-state index is -0.575. The number of ether oxygens (including phenoxy) is 1. The molecule has 1 amide bonds. The van der Waals surface area contributed by atoms with Crippen molar-refractivity contribution in [1.82, 2.24) is 5.32 Å². The van der Waals surface area contributed by atoms with Crippen molar-refractivity contribution in [1.29, 1.82) is 0 Å². The predicted molar refractivity (Wildman–Crippen MR) is 151 cm³/mol. The van der Waals surface area contributed by atoms with Crippen LogP contribution in [-0.2, 0) is 4.74 Å². The molecule has 0 unspecified atom stereocenters. The van der Waals surface area contributed by atoms with E-state index >= 15 is 0 Å². The van der Waals surface area contributed by atoms with Gasteiger partial charge >= 0.3 is 6.09 Å². The maximum absolute atomic E-state index is 12.4. The first-order chi connectivity index (χ1) is 17.1. The third-order valence-electron chi connectivity index (χ3n) is 9.16. The first-order valence-corrected chi connectivity index (χ1v) is 14.6. The molecule has 6 atom stereocenters. The minimum Gasteiger partial charge on any atom is -0.444 e. The third kappa shape index (κ3) is 7.95. The number of nitrogens with one attached hydrogen (secondary N) is 1. The Bertz CT molecular complexity index is 889. The summed E-state index contributed by atoms with van der Waals surface area (Å²) >= 11 is 0. The van der Waals surface area contributed by atoms with E-state index < -0.39 is 23.4 Å². The lowest BCUT2D eigenvalue weighted by Gasteiger charge is -2.44. The minimum absolute atomic E-state index is 0.319. The maximum Gasteiger partial charge on any atom is 0.408 e. The average Bonchev–Trinajstić information content (AvgIpc) is 3.10. The van der Waals surface area contributed by atoms with E-state index in [4.69, 9.17) is 4.74 Å². The van der Waals surface area contributed by atoms with Gasteiger partial charge in [0.05, 0.1) is 17.7 Å². The molecule has 3 saturated carbocycles. The quantitative estimate of drug-likeness (QED) is 0.334. The number of fused-ring (bicyclic) bond motifs is 1. The van der Waals surface area contributed by atoms with Crippen molar-refractivity contribution in [3.63, 3.8) is 0 Å². The van der Waals surface area contributed by atoms with Gasteiger partial charge in [0, 0.05) is 0 Å². The number of allylic oxidation sites excluding steroid dienone is 3. The third-order valence-corrected chi connectivity index (χ3v) is 9.16. The highest BCUT2D eigenvalue weighted by atomic mass is 16.6. The van der Waals surface area contributed by atoms with Gasteiger partial charge in [0.1, 0.15) is 5.60 Å². The highest BCUT2D eigenvalue weighted by molar-refractivity contribution is 5.69. The van der Waals surface area contributed by atoms with Crippen molar-refractivity contribution in [2.45, 2.75) is 136 Å². The topological polar surface area (TPSA) is 78.8 Å². The number of carbonyl (C=O) groups is 1. The summed E-state index contributed by atoms with van der Waals surface area (Å²) in [5.41, 5.74) is 2.62. The van der Waals surface area contributed by atoms with Crippen LogP contribution in [0.5, 0.6) is 0 Å². The van der Waals surface area contributed by atoms with Gasteiger partial charge in [-0.25, -0.2) is 4.79 Å². The average molecular weight is 516 g/mol. The molecular weight excluding hydrogens is 462 g/mol. The molecule has 3 N–H and O–H groups in total. The number of aliphatic hydroxyl groups is 2. The number of aliphatic hydroxyl groups excluding tert-OH is 1. The Morgan fingerprint density at radius 1 is 1.24 bits per heavy atom. The van der Waals surface area contributed by atoms with Crippen LogP contribution in [0, 0.1) is 23.2 Å². The van der Waals surface area contributed by atoms with Gasteiger partial charge in [-0.3, -0.25) is 0 Å². The molecule has 0 bridgehead atoms. The molecule has 5 heteroatoms. The molecule has 37 heavy (non-hydrogen) atoms. The van der Waals surface area contributed by atoms with Crippen molar-refractivity contribution >= 4 is 6.09 Å². The molecule has 3 rings (SSSR count). The highest BCUT2D eigenvalue weighted by Gasteiger charge is 2.50. The number of rotatable bonds is 7. The zero-order chi connectivity index (χ0) is 27.6. The summed E-state index contributed by atoms with van der Waals surface area (Å²) in [6.45, 7) is 18.6. The van der Waals surface area contributed by atoms with E-state index in [1.807, 2.05) is 34.6 Å². The second kappa shape index (κ2) is 11.7. The number of hydrogen-bond acceptors (Lipinski definition) is 4. The Morgan fingerprint density at radius 2 is 1.95 bits per heavy atom. The van der Waals surface area contributed by atoms with E-state index in [1.54, 1.807) is 0 Å². The second-order valence-corrected chi connectivity index (χ2v) is 14.0. The monoisotopic (exact) mass is 515 g/mol. The molecule has 5 nitrogen and oxygen atoms in total. The fourth-order valence-corrected chi connectivity index (χ4v) is 7.36. The summed E-state index contributed by atoms with van der Waals surface area (Å²) in [5, 5.41) is 23.6. The number of alkyl carbamates (subject to hydrolysis) is 1. The predicted octanol–water partition coefficient (Wildman–Crippen LogP) is 7.24. The lowest BCUT2D eigenvalue weighted by atomic mass is 9.60. The van der Waals surface area contributed by atoms with Gasteiger partial charge in [0.15, 0.2) is 0 Å². The van der Waals surface area contributed by atoms with E-state index in [9.17, 15) is 15.0 Å². The number of amides is 1. The van der Waals surface area contributed by atoms with Crippen molar-refractivity contribution in [3.05, 3.63) is 35.5 Å². The molecule has 0 aromatic heterocycles. The molecule has 0 aliphatic heterocycles. The van der Waals surface area contributed by atoms with Crippen LogP contribution in [0.25, 0.3) is 0 Å². The smallest absolute Gasteiger partial charge is 0.408 e. The molecule has 0 heterocycles. The van der Waals surface area contributed by atoms with Crippen molar-refractivity contribution in [2.75, 3.05) is 0 Å².